The molecule has 2 aromatic heterocycles. The number of anilines is 1. The molecule has 4 heterocycles. The molecule has 2 aliphatic rings. The number of hydrogen-bond donors (Lipinski definition) is 2. The molecule has 0 saturated carbocycles. The Morgan fingerprint density at radius 2 is 1.52 bits per heavy atom. The summed E-state index contributed by atoms with van der Waals surface area (Å²) in [7, 11) is 0. The average Bonchev–Trinajstić information content (AvgIpc) is 3.28. The molecule has 1 atom stereocenters. The molecule has 2 aromatic rings. The highest BCUT2D eigenvalue weighted by Gasteiger charge is 2.59. The second-order valence-corrected chi connectivity index (χ2v) is 9.20. The van der Waals surface area contributed by atoms with Gasteiger partial charge in [0.1, 0.15) is 0 Å². The molecule has 2 aliphatic heterocycles. The molecule has 0 bridgehead atoms. The molecular weight excluding hydrogens is 560 g/mol. The van der Waals surface area contributed by atoms with Gasteiger partial charge >= 0.3 is 24.3 Å². The Morgan fingerprint density at radius 1 is 0.925 bits per heavy atom. The van der Waals surface area contributed by atoms with Crippen LogP contribution in [0.3, 0.4) is 0 Å². The largest absolute Gasteiger partial charge is 0.490 e. The maximum atomic E-state index is 14.9. The van der Waals surface area contributed by atoms with E-state index in [1.54, 1.807) is 12.4 Å². The van der Waals surface area contributed by atoms with Crippen molar-refractivity contribution in [3.8, 4) is 0 Å². The van der Waals surface area contributed by atoms with Crippen molar-refractivity contribution in [1.82, 2.24) is 14.9 Å². The van der Waals surface area contributed by atoms with E-state index in [1.807, 2.05) is 37.3 Å². The molecule has 4 rings (SSSR count). The molecule has 1 unspecified atom stereocenters. The van der Waals surface area contributed by atoms with Crippen LogP contribution in [0.4, 0.5) is 40.8 Å². The Kier molecular flexibility index (Phi) is 10.4. The van der Waals surface area contributed by atoms with Gasteiger partial charge in [-0.25, -0.2) is 18.4 Å². The summed E-state index contributed by atoms with van der Waals surface area (Å²) in [6, 6.07) is 9.71. The standard InChI is InChI=1S/C20H24F2N4.2C2HF3O2/c1-16-4-2-5-17(24-16)13-25-10-8-20(21,22)19(14-25)7-11-26(15-19)18-6-3-9-23-12-18;2*3-2(4,5)1(6)7/h2-6,9,12H,7-8,10-11,13-15H2,1H3;2*(H,6,7). The van der Waals surface area contributed by atoms with Crippen LogP contribution in [0.1, 0.15) is 24.2 Å². The Bertz CT molecular complexity index is 1120. The number of likely N-dealkylation sites (tertiary alicyclic amines) is 1. The number of piperidine rings is 1. The van der Waals surface area contributed by atoms with Gasteiger partial charge in [0.25, 0.3) is 5.92 Å². The van der Waals surface area contributed by atoms with Gasteiger partial charge in [0, 0.05) is 51.0 Å². The number of carboxylic acids is 2. The number of carbonyl (C=O) groups is 2. The van der Waals surface area contributed by atoms with Crippen molar-refractivity contribution in [3.05, 3.63) is 54.1 Å². The van der Waals surface area contributed by atoms with Gasteiger partial charge in [0.2, 0.25) is 0 Å². The first-order valence-corrected chi connectivity index (χ1v) is 11.6. The third-order valence-corrected chi connectivity index (χ3v) is 6.23. The topological polar surface area (TPSA) is 107 Å². The van der Waals surface area contributed by atoms with Crippen molar-refractivity contribution < 1.29 is 54.9 Å². The predicted molar refractivity (Wildman–Crippen MR) is 125 cm³/mol. The van der Waals surface area contributed by atoms with Gasteiger partial charge in [0.05, 0.1) is 23.0 Å². The lowest BCUT2D eigenvalue weighted by Gasteiger charge is -2.46. The van der Waals surface area contributed by atoms with Gasteiger partial charge in [0.15, 0.2) is 0 Å². The molecule has 40 heavy (non-hydrogen) atoms. The quantitative estimate of drug-likeness (QED) is 0.495. The number of nitrogens with zero attached hydrogens (tertiary/aromatic N) is 4. The van der Waals surface area contributed by atoms with Crippen LogP contribution in [0.5, 0.6) is 0 Å². The van der Waals surface area contributed by atoms with E-state index < -0.39 is 35.6 Å². The van der Waals surface area contributed by atoms with Crippen molar-refractivity contribution in [1.29, 1.82) is 0 Å². The summed E-state index contributed by atoms with van der Waals surface area (Å²) < 4.78 is 93.4. The van der Waals surface area contributed by atoms with Gasteiger partial charge in [-0.05, 0) is 37.6 Å². The number of halogens is 8. The lowest BCUT2D eigenvalue weighted by Crippen LogP contribution is -2.56. The van der Waals surface area contributed by atoms with Crippen molar-refractivity contribution >= 4 is 17.6 Å². The Balaban J connectivity index is 0.000000333. The van der Waals surface area contributed by atoms with E-state index in [-0.39, 0.29) is 6.42 Å². The summed E-state index contributed by atoms with van der Waals surface area (Å²) >= 11 is 0. The van der Waals surface area contributed by atoms with E-state index in [9.17, 15) is 35.1 Å². The van der Waals surface area contributed by atoms with E-state index in [0.29, 0.717) is 39.1 Å². The summed E-state index contributed by atoms with van der Waals surface area (Å²) in [5, 5.41) is 14.2. The van der Waals surface area contributed by atoms with E-state index >= 15 is 0 Å². The molecular formula is C24H26F8N4O4. The van der Waals surface area contributed by atoms with Gasteiger partial charge < -0.3 is 15.1 Å². The van der Waals surface area contributed by atoms with Crippen molar-refractivity contribution in [3.63, 3.8) is 0 Å². The minimum atomic E-state index is -5.08. The second kappa shape index (κ2) is 12.7. The number of alkyl halides is 8. The summed E-state index contributed by atoms with van der Waals surface area (Å²) in [4.78, 5) is 30.7. The molecule has 0 radical (unpaired) electrons. The molecule has 0 aromatic carbocycles. The SMILES string of the molecule is Cc1cccc(CN2CCC(F)(F)C3(CCN(c4cccnc4)C3)C2)n1.O=C(O)C(F)(F)F.O=C(O)C(F)(F)F. The van der Waals surface area contributed by atoms with Crippen LogP contribution >= 0.6 is 0 Å². The molecule has 2 N–H and O–H groups in total. The third kappa shape index (κ3) is 8.99. The zero-order valence-corrected chi connectivity index (χ0v) is 21.0. The van der Waals surface area contributed by atoms with E-state index in [4.69, 9.17) is 19.8 Å². The zero-order valence-electron chi connectivity index (χ0n) is 21.0. The lowest BCUT2D eigenvalue weighted by molar-refractivity contribution is -0.193. The zero-order chi connectivity index (χ0) is 30.4. The van der Waals surface area contributed by atoms with Gasteiger partial charge in [-0.3, -0.25) is 14.9 Å². The number of aryl methyl sites for hydroxylation is 1. The van der Waals surface area contributed by atoms with Gasteiger partial charge in [-0.2, -0.15) is 26.3 Å². The second-order valence-electron chi connectivity index (χ2n) is 9.20. The number of pyridine rings is 2. The van der Waals surface area contributed by atoms with Crippen LogP contribution in [0.25, 0.3) is 0 Å². The van der Waals surface area contributed by atoms with Crippen LogP contribution in [0.2, 0.25) is 0 Å². The molecule has 8 nitrogen and oxygen atoms in total. The summed E-state index contributed by atoms with van der Waals surface area (Å²) in [6.45, 7) is 4.44. The van der Waals surface area contributed by atoms with Crippen LogP contribution in [-0.2, 0) is 16.1 Å². The van der Waals surface area contributed by atoms with E-state index in [0.717, 1.165) is 17.1 Å². The van der Waals surface area contributed by atoms with Gasteiger partial charge in [-0.15, -0.1) is 0 Å². The fraction of sp³-hybridized carbons (Fsp3) is 0.500. The van der Waals surface area contributed by atoms with Crippen LogP contribution in [-0.4, -0.2) is 81.5 Å². The van der Waals surface area contributed by atoms with E-state index in [2.05, 4.69) is 19.8 Å². The first-order chi connectivity index (χ1) is 18.4. The lowest BCUT2D eigenvalue weighted by atomic mass is 9.75. The number of rotatable bonds is 3. The molecule has 16 heteroatoms. The predicted octanol–water partition coefficient (Wildman–Crippen LogP) is 4.79. The Labute approximate surface area is 223 Å². The molecule has 0 amide bonds. The minimum Gasteiger partial charge on any atom is -0.475 e. The van der Waals surface area contributed by atoms with Crippen LogP contribution in [0.15, 0.2) is 42.7 Å². The van der Waals surface area contributed by atoms with E-state index in [1.165, 1.54) is 0 Å². The Morgan fingerprint density at radius 3 is 2.02 bits per heavy atom. The monoisotopic (exact) mass is 586 g/mol. The summed E-state index contributed by atoms with van der Waals surface area (Å²) in [5.74, 6) is -8.15. The van der Waals surface area contributed by atoms with Crippen LogP contribution in [0, 0.1) is 12.3 Å². The van der Waals surface area contributed by atoms with Crippen molar-refractivity contribution in [2.45, 2.75) is 44.6 Å². The van der Waals surface area contributed by atoms with Crippen LogP contribution < -0.4 is 4.90 Å². The number of aromatic nitrogens is 2. The highest BCUT2D eigenvalue weighted by atomic mass is 19.4. The summed E-state index contributed by atoms with van der Waals surface area (Å²) in [6.07, 6.45) is -6.28. The molecule has 2 fully saturated rings. The smallest absolute Gasteiger partial charge is 0.475 e. The molecule has 0 aliphatic carbocycles. The fourth-order valence-corrected chi connectivity index (χ4v) is 4.30. The average molecular weight is 586 g/mol. The Hall–Kier alpha value is -3.56. The normalized spacial score (nSPS) is 20.7. The first kappa shape index (κ1) is 32.7. The van der Waals surface area contributed by atoms with Crippen molar-refractivity contribution in [2.75, 3.05) is 31.1 Å². The highest BCUT2D eigenvalue weighted by molar-refractivity contribution is 5.73. The molecule has 2 saturated heterocycles. The molecule has 1 spiro atoms. The highest BCUT2D eigenvalue weighted by Crippen LogP contribution is 2.50. The van der Waals surface area contributed by atoms with Gasteiger partial charge in [-0.1, -0.05) is 6.07 Å². The first-order valence-electron chi connectivity index (χ1n) is 11.6. The maximum absolute atomic E-state index is 14.9. The molecule has 222 valence electrons. The minimum absolute atomic E-state index is 0.0836. The maximum Gasteiger partial charge on any atom is 0.490 e. The number of hydrogen-bond acceptors (Lipinski definition) is 6. The summed E-state index contributed by atoms with van der Waals surface area (Å²) in [5.41, 5.74) is 1.85. The van der Waals surface area contributed by atoms with Crippen molar-refractivity contribution in [2.24, 2.45) is 5.41 Å². The third-order valence-electron chi connectivity index (χ3n) is 6.23. The fourth-order valence-electron chi connectivity index (χ4n) is 4.30. The number of carboxylic acid groups (broad SMARTS) is 2. The number of aliphatic carboxylic acids is 2.